The van der Waals surface area contributed by atoms with Crippen LogP contribution in [0, 0.1) is 23.3 Å². The highest BCUT2D eigenvalue weighted by atomic mass is 19.2. The van der Waals surface area contributed by atoms with E-state index in [9.17, 15) is 22.4 Å². The zero-order valence-corrected chi connectivity index (χ0v) is 9.12. The predicted octanol–water partition coefficient (Wildman–Crippen LogP) is 2.40. The number of fused-ring (bicyclic) bond motifs is 2. The molecule has 0 fully saturated rings. The molecule has 3 aromatic rings. The van der Waals surface area contributed by atoms with E-state index in [1.807, 2.05) is 0 Å². The van der Waals surface area contributed by atoms with Gasteiger partial charge in [-0.1, -0.05) is 6.07 Å². The number of aromatic nitrogens is 2. The number of halogens is 4. The van der Waals surface area contributed by atoms with Crippen LogP contribution in [0.5, 0.6) is 0 Å². The van der Waals surface area contributed by atoms with Crippen LogP contribution in [-0.2, 0) is 0 Å². The summed E-state index contributed by atoms with van der Waals surface area (Å²) in [4.78, 5) is 15.6. The molecule has 3 rings (SSSR count). The first-order valence-electron chi connectivity index (χ1n) is 5.15. The molecule has 2 heterocycles. The lowest BCUT2D eigenvalue weighted by atomic mass is 10.2. The summed E-state index contributed by atoms with van der Waals surface area (Å²) >= 11 is 0. The molecule has 0 aliphatic carbocycles. The fourth-order valence-corrected chi connectivity index (χ4v) is 1.85. The number of rotatable bonds is 0. The maximum absolute atomic E-state index is 13.6. The molecular weight excluding hydrogens is 264 g/mol. The quantitative estimate of drug-likeness (QED) is 0.271. The first-order chi connectivity index (χ1) is 9.02. The van der Waals surface area contributed by atoms with Gasteiger partial charge in [0.05, 0.1) is 0 Å². The standard InChI is InChI=1S/C12H4F4N2O/c13-7-6-11(10(16)9(15)8(7)14)17-5-3-1-2-4-18(5)12(6)19/h1-4H. The van der Waals surface area contributed by atoms with Gasteiger partial charge < -0.3 is 0 Å². The molecule has 96 valence electrons. The Balaban J connectivity index is 2.71. The molecule has 0 atom stereocenters. The van der Waals surface area contributed by atoms with Gasteiger partial charge in [-0.05, 0) is 12.1 Å². The zero-order valence-electron chi connectivity index (χ0n) is 9.12. The van der Waals surface area contributed by atoms with Gasteiger partial charge in [0, 0.05) is 6.20 Å². The van der Waals surface area contributed by atoms with Crippen molar-refractivity contribution in [2.75, 3.05) is 0 Å². The van der Waals surface area contributed by atoms with Gasteiger partial charge in [0.2, 0.25) is 0 Å². The highest BCUT2D eigenvalue weighted by Crippen LogP contribution is 2.23. The van der Waals surface area contributed by atoms with Crippen molar-refractivity contribution in [3.63, 3.8) is 0 Å². The summed E-state index contributed by atoms with van der Waals surface area (Å²) in [7, 11) is 0. The van der Waals surface area contributed by atoms with E-state index in [0.29, 0.717) is 0 Å². The summed E-state index contributed by atoms with van der Waals surface area (Å²) in [5.74, 6) is -7.45. The fraction of sp³-hybridized carbons (Fsp3) is 0. The first-order valence-corrected chi connectivity index (χ1v) is 5.15. The van der Waals surface area contributed by atoms with Crippen molar-refractivity contribution in [3.8, 4) is 0 Å². The molecule has 0 amide bonds. The third-order valence-electron chi connectivity index (χ3n) is 2.74. The largest absolute Gasteiger partial charge is 0.268 e. The van der Waals surface area contributed by atoms with Gasteiger partial charge in [0.25, 0.3) is 5.56 Å². The minimum absolute atomic E-state index is 0.00399. The Morgan fingerprint density at radius 3 is 2.37 bits per heavy atom. The van der Waals surface area contributed by atoms with E-state index in [1.54, 1.807) is 0 Å². The minimum atomic E-state index is -2.03. The van der Waals surface area contributed by atoms with Crippen LogP contribution in [0.4, 0.5) is 17.6 Å². The molecule has 0 unspecified atom stereocenters. The van der Waals surface area contributed by atoms with E-state index < -0.39 is 39.7 Å². The number of hydrogen-bond acceptors (Lipinski definition) is 2. The van der Waals surface area contributed by atoms with Gasteiger partial charge in [0.1, 0.15) is 16.6 Å². The lowest BCUT2D eigenvalue weighted by Crippen LogP contribution is -2.18. The second-order valence-corrected chi connectivity index (χ2v) is 3.83. The van der Waals surface area contributed by atoms with Crippen molar-refractivity contribution >= 4 is 16.6 Å². The van der Waals surface area contributed by atoms with Crippen LogP contribution in [0.15, 0.2) is 29.2 Å². The van der Waals surface area contributed by atoms with Gasteiger partial charge in [-0.15, -0.1) is 0 Å². The van der Waals surface area contributed by atoms with E-state index in [-0.39, 0.29) is 5.65 Å². The molecule has 0 spiro atoms. The molecule has 0 saturated carbocycles. The molecule has 2 aromatic heterocycles. The topological polar surface area (TPSA) is 34.4 Å². The van der Waals surface area contributed by atoms with Crippen LogP contribution in [0.2, 0.25) is 0 Å². The summed E-state index contributed by atoms with van der Waals surface area (Å²) in [6.45, 7) is 0. The third-order valence-corrected chi connectivity index (χ3v) is 2.74. The Morgan fingerprint density at radius 2 is 1.63 bits per heavy atom. The number of hydrogen-bond donors (Lipinski definition) is 0. The maximum atomic E-state index is 13.6. The number of pyridine rings is 1. The zero-order chi connectivity index (χ0) is 13.7. The third kappa shape index (κ3) is 1.44. The van der Waals surface area contributed by atoms with E-state index in [1.165, 1.54) is 24.4 Å². The second-order valence-electron chi connectivity index (χ2n) is 3.83. The predicted molar refractivity (Wildman–Crippen MR) is 58.8 cm³/mol. The summed E-state index contributed by atoms with van der Waals surface area (Å²) in [5.41, 5.74) is -1.83. The summed E-state index contributed by atoms with van der Waals surface area (Å²) in [6.07, 6.45) is 1.27. The molecule has 0 saturated heterocycles. The Kier molecular flexibility index (Phi) is 2.31. The minimum Gasteiger partial charge on any atom is -0.268 e. The SMILES string of the molecule is O=c1c2c(F)c(F)c(F)c(F)c2nc2ccccn12. The van der Waals surface area contributed by atoms with Crippen LogP contribution < -0.4 is 5.56 Å². The number of nitrogens with zero attached hydrogens (tertiary/aromatic N) is 2. The Labute approximate surface area is 102 Å². The molecule has 0 bridgehead atoms. The van der Waals surface area contributed by atoms with Gasteiger partial charge in [-0.25, -0.2) is 22.5 Å². The normalized spacial score (nSPS) is 11.4. The lowest BCUT2D eigenvalue weighted by Gasteiger charge is -2.06. The monoisotopic (exact) mass is 268 g/mol. The van der Waals surface area contributed by atoms with Gasteiger partial charge in [-0.2, -0.15) is 0 Å². The molecule has 0 aliphatic heterocycles. The Bertz CT molecular complexity index is 888. The van der Waals surface area contributed by atoms with Crippen molar-refractivity contribution in [3.05, 3.63) is 58.0 Å². The van der Waals surface area contributed by atoms with E-state index in [0.717, 1.165) is 4.40 Å². The molecule has 0 N–H and O–H groups in total. The van der Waals surface area contributed by atoms with Crippen molar-refractivity contribution in [1.82, 2.24) is 9.38 Å². The summed E-state index contributed by atoms with van der Waals surface area (Å²) in [5, 5.41) is -0.917. The maximum Gasteiger partial charge on any atom is 0.268 e. The van der Waals surface area contributed by atoms with Gasteiger partial charge in [-0.3, -0.25) is 9.20 Å². The van der Waals surface area contributed by atoms with Crippen LogP contribution in [0.25, 0.3) is 16.6 Å². The average Bonchev–Trinajstić information content (AvgIpc) is 2.43. The fourth-order valence-electron chi connectivity index (χ4n) is 1.85. The number of benzene rings is 1. The highest BCUT2D eigenvalue weighted by Gasteiger charge is 2.24. The smallest absolute Gasteiger partial charge is 0.268 e. The second kappa shape index (κ2) is 3.78. The van der Waals surface area contributed by atoms with Crippen LogP contribution in [0.3, 0.4) is 0 Å². The van der Waals surface area contributed by atoms with Gasteiger partial charge in [0.15, 0.2) is 23.3 Å². The van der Waals surface area contributed by atoms with Crippen LogP contribution in [0.1, 0.15) is 0 Å². The van der Waals surface area contributed by atoms with E-state index in [4.69, 9.17) is 0 Å². The summed E-state index contributed by atoms with van der Waals surface area (Å²) < 4.78 is 54.3. The molecule has 7 heteroatoms. The average molecular weight is 268 g/mol. The van der Waals surface area contributed by atoms with Crippen LogP contribution in [-0.4, -0.2) is 9.38 Å². The van der Waals surface area contributed by atoms with E-state index >= 15 is 0 Å². The van der Waals surface area contributed by atoms with Crippen LogP contribution >= 0.6 is 0 Å². The van der Waals surface area contributed by atoms with Crippen molar-refractivity contribution in [2.24, 2.45) is 0 Å². The van der Waals surface area contributed by atoms with Crippen molar-refractivity contribution in [2.45, 2.75) is 0 Å². The Hall–Kier alpha value is -2.44. The Morgan fingerprint density at radius 1 is 0.947 bits per heavy atom. The molecular formula is C12H4F4N2O. The van der Waals surface area contributed by atoms with Crippen molar-refractivity contribution in [1.29, 1.82) is 0 Å². The van der Waals surface area contributed by atoms with E-state index in [2.05, 4.69) is 4.98 Å². The molecule has 3 nitrogen and oxygen atoms in total. The highest BCUT2D eigenvalue weighted by molar-refractivity contribution is 5.81. The molecule has 0 radical (unpaired) electrons. The van der Waals surface area contributed by atoms with Gasteiger partial charge >= 0.3 is 0 Å². The molecule has 1 aromatic carbocycles. The molecule has 0 aliphatic rings. The lowest BCUT2D eigenvalue weighted by molar-refractivity contribution is 0.416. The molecule has 19 heavy (non-hydrogen) atoms. The summed E-state index contributed by atoms with van der Waals surface area (Å²) in [6, 6.07) is 4.34. The van der Waals surface area contributed by atoms with Crippen molar-refractivity contribution < 1.29 is 17.6 Å². The first kappa shape index (κ1) is 11.6.